The smallest absolute Gasteiger partial charge is 0.319 e. The number of nitrogens with zero attached hydrogens (tertiary/aromatic N) is 2. The van der Waals surface area contributed by atoms with Crippen molar-refractivity contribution in [3.05, 3.63) is 18.2 Å². The van der Waals surface area contributed by atoms with Gasteiger partial charge < -0.3 is 15.7 Å². The Morgan fingerprint density at radius 1 is 1.37 bits per heavy atom. The Bertz CT molecular complexity index is 410. The van der Waals surface area contributed by atoms with Crippen molar-refractivity contribution in [1.29, 1.82) is 0 Å². The zero-order valence-corrected chi connectivity index (χ0v) is 11.9. The molecule has 0 fully saturated rings. The molecule has 1 atom stereocenters. The summed E-state index contributed by atoms with van der Waals surface area (Å²) in [6.07, 6.45) is 3.27. The zero-order chi connectivity index (χ0) is 14.5. The molecule has 6 nitrogen and oxygen atoms in total. The highest BCUT2D eigenvalue weighted by Gasteiger charge is 2.16. The number of aliphatic hydroxyl groups excluding tert-OH is 1. The molecule has 0 aliphatic heterocycles. The van der Waals surface area contributed by atoms with E-state index in [-0.39, 0.29) is 11.4 Å². The topological polar surface area (TPSA) is 87.1 Å². The van der Waals surface area contributed by atoms with Gasteiger partial charge in [-0.25, -0.2) is 14.8 Å². The standard InChI is InChI=1S/C13H22N4O2/c1-9(18)5-6-14-12(19)17-10-7-15-11(16-8-10)13(2,3)4/h7-9,18H,5-6H2,1-4H3,(H2,14,17,19). The van der Waals surface area contributed by atoms with Crippen LogP contribution >= 0.6 is 0 Å². The van der Waals surface area contributed by atoms with E-state index in [1.54, 1.807) is 19.3 Å². The highest BCUT2D eigenvalue weighted by molar-refractivity contribution is 5.88. The Hall–Kier alpha value is -1.69. The van der Waals surface area contributed by atoms with Gasteiger partial charge in [0.15, 0.2) is 0 Å². The summed E-state index contributed by atoms with van der Waals surface area (Å²) in [5.41, 5.74) is 0.431. The molecule has 1 aromatic rings. The van der Waals surface area contributed by atoms with Crippen LogP contribution in [-0.4, -0.2) is 33.8 Å². The van der Waals surface area contributed by atoms with Crippen LogP contribution in [0.4, 0.5) is 10.5 Å². The van der Waals surface area contributed by atoms with Crippen molar-refractivity contribution in [2.45, 2.75) is 45.6 Å². The monoisotopic (exact) mass is 266 g/mol. The van der Waals surface area contributed by atoms with Crippen molar-refractivity contribution in [2.75, 3.05) is 11.9 Å². The van der Waals surface area contributed by atoms with Gasteiger partial charge in [0.1, 0.15) is 5.82 Å². The summed E-state index contributed by atoms with van der Waals surface area (Å²) in [6, 6.07) is -0.326. The van der Waals surface area contributed by atoms with Crippen molar-refractivity contribution in [3.8, 4) is 0 Å². The third-order valence-corrected chi connectivity index (χ3v) is 2.43. The lowest BCUT2D eigenvalue weighted by atomic mass is 9.96. The van der Waals surface area contributed by atoms with Gasteiger partial charge in [0.05, 0.1) is 24.2 Å². The van der Waals surface area contributed by atoms with Crippen LogP contribution in [0.3, 0.4) is 0 Å². The molecule has 3 N–H and O–H groups in total. The maximum atomic E-state index is 11.5. The average Bonchev–Trinajstić information content (AvgIpc) is 2.27. The first kappa shape index (κ1) is 15.4. The van der Waals surface area contributed by atoms with E-state index in [2.05, 4.69) is 20.6 Å². The van der Waals surface area contributed by atoms with Crippen molar-refractivity contribution in [2.24, 2.45) is 0 Å². The highest BCUT2D eigenvalue weighted by atomic mass is 16.3. The Morgan fingerprint density at radius 3 is 2.42 bits per heavy atom. The minimum Gasteiger partial charge on any atom is -0.393 e. The summed E-state index contributed by atoms with van der Waals surface area (Å²) in [5, 5.41) is 14.3. The van der Waals surface area contributed by atoms with Crippen molar-refractivity contribution in [1.82, 2.24) is 15.3 Å². The van der Waals surface area contributed by atoms with Gasteiger partial charge in [0, 0.05) is 12.0 Å². The Balaban J connectivity index is 2.47. The summed E-state index contributed by atoms with van der Waals surface area (Å²) in [4.78, 5) is 20.0. The SMILES string of the molecule is CC(O)CCNC(=O)Nc1cnc(C(C)(C)C)nc1. The number of nitrogens with one attached hydrogen (secondary N) is 2. The van der Waals surface area contributed by atoms with E-state index in [1.165, 1.54) is 0 Å². The molecule has 0 saturated carbocycles. The summed E-state index contributed by atoms with van der Waals surface area (Å²) in [6.45, 7) is 8.18. The predicted molar refractivity (Wildman–Crippen MR) is 74.1 cm³/mol. The van der Waals surface area contributed by atoms with Gasteiger partial charge in [-0.3, -0.25) is 0 Å². The van der Waals surface area contributed by atoms with Gasteiger partial charge in [0.2, 0.25) is 0 Å². The second-order valence-electron chi connectivity index (χ2n) is 5.56. The molecular weight excluding hydrogens is 244 g/mol. The number of amides is 2. The van der Waals surface area contributed by atoms with E-state index in [0.717, 1.165) is 5.82 Å². The Labute approximate surface area is 113 Å². The van der Waals surface area contributed by atoms with E-state index in [4.69, 9.17) is 5.11 Å². The number of urea groups is 1. The maximum absolute atomic E-state index is 11.5. The molecule has 0 aromatic carbocycles. The molecule has 1 rings (SSSR count). The molecule has 6 heteroatoms. The first-order valence-corrected chi connectivity index (χ1v) is 6.34. The number of anilines is 1. The third-order valence-electron chi connectivity index (χ3n) is 2.43. The second kappa shape index (κ2) is 6.47. The molecule has 0 saturated heterocycles. The Kier molecular flexibility index (Phi) is 5.23. The number of carbonyl (C=O) groups excluding carboxylic acids is 1. The van der Waals surface area contributed by atoms with Gasteiger partial charge in [-0.1, -0.05) is 20.8 Å². The van der Waals surface area contributed by atoms with Gasteiger partial charge in [-0.2, -0.15) is 0 Å². The van der Waals surface area contributed by atoms with Gasteiger partial charge >= 0.3 is 6.03 Å². The largest absolute Gasteiger partial charge is 0.393 e. The summed E-state index contributed by atoms with van der Waals surface area (Å²) in [7, 11) is 0. The van der Waals surface area contributed by atoms with Crippen molar-refractivity contribution < 1.29 is 9.90 Å². The molecule has 19 heavy (non-hydrogen) atoms. The van der Waals surface area contributed by atoms with Crippen LogP contribution in [0.25, 0.3) is 0 Å². The summed E-state index contributed by atoms with van der Waals surface area (Å²) < 4.78 is 0. The lowest BCUT2D eigenvalue weighted by Gasteiger charge is -2.16. The predicted octanol–water partition coefficient (Wildman–Crippen LogP) is 1.67. The normalized spacial score (nSPS) is 12.9. The average molecular weight is 266 g/mol. The van der Waals surface area contributed by atoms with E-state index >= 15 is 0 Å². The van der Waals surface area contributed by atoms with E-state index in [9.17, 15) is 4.79 Å². The fourth-order valence-corrected chi connectivity index (χ4v) is 1.35. The first-order valence-electron chi connectivity index (χ1n) is 6.34. The molecule has 0 aliphatic carbocycles. The van der Waals surface area contributed by atoms with Crippen LogP contribution in [0.1, 0.15) is 39.9 Å². The molecule has 0 aliphatic rings. The molecule has 2 amide bonds. The number of hydrogen-bond donors (Lipinski definition) is 3. The molecule has 1 aromatic heterocycles. The van der Waals surface area contributed by atoms with Crippen LogP contribution in [0.2, 0.25) is 0 Å². The summed E-state index contributed by atoms with van der Waals surface area (Å²) in [5.74, 6) is 0.729. The lowest BCUT2D eigenvalue weighted by molar-refractivity contribution is 0.184. The minimum atomic E-state index is -0.422. The number of carbonyl (C=O) groups is 1. The molecule has 0 radical (unpaired) electrons. The van der Waals surface area contributed by atoms with Gasteiger partial charge in [0.25, 0.3) is 0 Å². The minimum absolute atomic E-state index is 0.113. The first-order chi connectivity index (χ1) is 8.79. The Morgan fingerprint density at radius 2 is 1.95 bits per heavy atom. The molecule has 0 spiro atoms. The van der Waals surface area contributed by atoms with Gasteiger partial charge in [-0.05, 0) is 13.3 Å². The zero-order valence-electron chi connectivity index (χ0n) is 11.9. The van der Waals surface area contributed by atoms with Crippen LogP contribution in [0.5, 0.6) is 0 Å². The fourth-order valence-electron chi connectivity index (χ4n) is 1.35. The quantitative estimate of drug-likeness (QED) is 0.773. The second-order valence-corrected chi connectivity index (χ2v) is 5.56. The number of hydrogen-bond acceptors (Lipinski definition) is 4. The summed E-state index contributed by atoms with van der Waals surface area (Å²) >= 11 is 0. The lowest BCUT2D eigenvalue weighted by Crippen LogP contribution is -2.31. The van der Waals surface area contributed by atoms with Crippen molar-refractivity contribution >= 4 is 11.7 Å². The van der Waals surface area contributed by atoms with Crippen LogP contribution < -0.4 is 10.6 Å². The molecule has 106 valence electrons. The molecule has 0 bridgehead atoms. The van der Waals surface area contributed by atoms with Crippen LogP contribution in [0, 0.1) is 0 Å². The van der Waals surface area contributed by atoms with Gasteiger partial charge in [-0.15, -0.1) is 0 Å². The maximum Gasteiger partial charge on any atom is 0.319 e. The van der Waals surface area contributed by atoms with E-state index in [1.807, 2.05) is 20.8 Å². The molecule has 1 unspecified atom stereocenters. The van der Waals surface area contributed by atoms with Crippen molar-refractivity contribution in [3.63, 3.8) is 0 Å². The van der Waals surface area contributed by atoms with Crippen LogP contribution in [-0.2, 0) is 5.41 Å². The number of aliphatic hydroxyl groups is 1. The third kappa shape index (κ3) is 5.65. The highest BCUT2D eigenvalue weighted by Crippen LogP contribution is 2.17. The molecular formula is C13H22N4O2. The van der Waals surface area contributed by atoms with E-state index < -0.39 is 6.10 Å². The molecule has 1 heterocycles. The number of rotatable bonds is 4. The van der Waals surface area contributed by atoms with Crippen LogP contribution in [0.15, 0.2) is 12.4 Å². The fraction of sp³-hybridized carbons (Fsp3) is 0.615. The number of aromatic nitrogens is 2. The van der Waals surface area contributed by atoms with E-state index in [0.29, 0.717) is 18.7 Å².